The van der Waals surface area contributed by atoms with Crippen LogP contribution >= 0.6 is 15.9 Å². The molecule has 0 saturated heterocycles. The summed E-state index contributed by atoms with van der Waals surface area (Å²) in [6.07, 6.45) is 1.32. The number of aromatic nitrogens is 3. The number of benzene rings is 2. The molecule has 2 heterocycles. The van der Waals surface area contributed by atoms with Gasteiger partial charge in [-0.3, -0.25) is 18.7 Å². The van der Waals surface area contributed by atoms with E-state index in [0.717, 1.165) is 0 Å². The van der Waals surface area contributed by atoms with Crippen LogP contribution in [0.4, 0.5) is 26.2 Å². The number of nitrogens with one attached hydrogen (secondary N) is 2. The van der Waals surface area contributed by atoms with Crippen molar-refractivity contribution in [1.29, 1.82) is 0 Å². The topological polar surface area (TPSA) is 110 Å². The first-order chi connectivity index (χ1) is 18.1. The van der Waals surface area contributed by atoms with Gasteiger partial charge in [-0.1, -0.05) is 22.0 Å². The zero-order chi connectivity index (χ0) is 27.3. The molecule has 2 amide bonds. The van der Waals surface area contributed by atoms with Gasteiger partial charge < -0.3 is 15.5 Å². The predicted molar refractivity (Wildman–Crippen MR) is 147 cm³/mol. The minimum absolute atomic E-state index is 0.0421. The average molecular weight is 583 g/mol. The Morgan fingerprint density at radius 1 is 1.05 bits per heavy atom. The minimum Gasteiger partial charge on any atom is -0.352 e. The summed E-state index contributed by atoms with van der Waals surface area (Å²) in [6, 6.07) is 11.5. The lowest BCUT2D eigenvalue weighted by Gasteiger charge is -2.19. The smallest absolute Gasteiger partial charge is 0.337 e. The summed E-state index contributed by atoms with van der Waals surface area (Å²) in [7, 11) is 4.66. The lowest BCUT2D eigenvalue weighted by molar-refractivity contribution is 0.230. The molecule has 0 aliphatic heterocycles. The highest BCUT2D eigenvalue weighted by molar-refractivity contribution is 9.10. The maximum absolute atomic E-state index is 14.7. The highest BCUT2D eigenvalue weighted by Crippen LogP contribution is 2.34. The first-order valence-corrected chi connectivity index (χ1v) is 12.6. The van der Waals surface area contributed by atoms with Gasteiger partial charge in [-0.25, -0.2) is 18.5 Å². The van der Waals surface area contributed by atoms with Gasteiger partial charge in [-0.2, -0.15) is 0 Å². The van der Waals surface area contributed by atoms with Crippen LogP contribution in [-0.2, 0) is 7.05 Å². The predicted octanol–water partition coefficient (Wildman–Crippen LogP) is 3.92. The monoisotopic (exact) mass is 582 g/mol. The Bertz CT molecular complexity index is 1790. The van der Waals surface area contributed by atoms with Gasteiger partial charge >= 0.3 is 11.7 Å². The molecular formula is C26H24BrFN6O4. The van der Waals surface area contributed by atoms with Crippen LogP contribution in [0.3, 0.4) is 0 Å². The highest BCUT2D eigenvalue weighted by atomic mass is 79.9. The molecule has 0 unspecified atom stereocenters. The summed E-state index contributed by atoms with van der Waals surface area (Å²) in [6.45, 7) is 0. The summed E-state index contributed by atoms with van der Waals surface area (Å²) in [5.41, 5.74) is -0.748. The number of pyridine rings is 1. The Labute approximate surface area is 224 Å². The molecule has 1 aliphatic rings. The third kappa shape index (κ3) is 4.51. The van der Waals surface area contributed by atoms with Crippen LogP contribution in [0.25, 0.3) is 16.7 Å². The lowest BCUT2D eigenvalue weighted by Crippen LogP contribution is -2.41. The standard InChI is InChI=1S/C26H24BrFN6O4/c1-31(2)25(37)29-15-5-4-6-17(12-15)33-23-22(24(36)34(26(33)38)16-8-9-16)20(13-21(35)32(23)3)30-19-10-7-14(27)11-18(19)28/h4-7,10-13,16,30H,8-9H2,1-3H3,(H,29,37). The van der Waals surface area contributed by atoms with E-state index in [2.05, 4.69) is 26.6 Å². The maximum atomic E-state index is 14.7. The Hall–Kier alpha value is -4.19. The summed E-state index contributed by atoms with van der Waals surface area (Å²) in [5.74, 6) is -0.589. The number of halogens is 2. The molecule has 5 rings (SSSR count). The molecule has 10 nitrogen and oxygen atoms in total. The molecule has 0 atom stereocenters. The zero-order valence-corrected chi connectivity index (χ0v) is 22.4. The number of hydrogen-bond donors (Lipinski definition) is 2. The molecule has 4 aromatic rings. The number of urea groups is 1. The molecule has 2 aromatic heterocycles. The van der Waals surface area contributed by atoms with Crippen LogP contribution in [0.5, 0.6) is 0 Å². The number of amides is 2. The normalized spacial score (nSPS) is 13.0. The summed E-state index contributed by atoms with van der Waals surface area (Å²) < 4.78 is 18.9. The Balaban J connectivity index is 1.81. The maximum Gasteiger partial charge on any atom is 0.337 e. The Morgan fingerprint density at radius 3 is 2.45 bits per heavy atom. The third-order valence-corrected chi connectivity index (χ3v) is 6.82. The number of carbonyl (C=O) groups excluding carboxylic acids is 1. The lowest BCUT2D eigenvalue weighted by atomic mass is 10.2. The second kappa shape index (κ2) is 9.60. The number of fused-ring (bicyclic) bond motifs is 1. The minimum atomic E-state index is -0.608. The van der Waals surface area contributed by atoms with Gasteiger partial charge in [-0.15, -0.1) is 0 Å². The second-order valence-corrected chi connectivity index (χ2v) is 10.2. The van der Waals surface area contributed by atoms with Gasteiger partial charge in [0.1, 0.15) is 16.9 Å². The van der Waals surface area contributed by atoms with Crippen molar-refractivity contribution in [2.45, 2.75) is 18.9 Å². The van der Waals surface area contributed by atoms with Gasteiger partial charge in [-0.05, 0) is 49.2 Å². The molecule has 2 aromatic carbocycles. The first-order valence-electron chi connectivity index (χ1n) is 11.8. The van der Waals surface area contributed by atoms with Crippen LogP contribution in [-0.4, -0.2) is 38.7 Å². The van der Waals surface area contributed by atoms with Gasteiger partial charge in [0.05, 0.1) is 17.1 Å². The molecule has 0 spiro atoms. The molecule has 1 saturated carbocycles. The fourth-order valence-corrected chi connectivity index (χ4v) is 4.58. The molecule has 1 aliphatic carbocycles. The summed E-state index contributed by atoms with van der Waals surface area (Å²) >= 11 is 3.22. The van der Waals surface area contributed by atoms with E-state index in [1.165, 1.54) is 43.8 Å². The molecule has 12 heteroatoms. The first kappa shape index (κ1) is 25.5. The van der Waals surface area contributed by atoms with Crippen molar-refractivity contribution in [3.63, 3.8) is 0 Å². The summed E-state index contributed by atoms with van der Waals surface area (Å²) in [4.78, 5) is 54.2. The molecule has 196 valence electrons. The zero-order valence-electron chi connectivity index (χ0n) is 20.8. The molecule has 38 heavy (non-hydrogen) atoms. The second-order valence-electron chi connectivity index (χ2n) is 9.30. The number of aryl methyl sites for hydroxylation is 1. The van der Waals surface area contributed by atoms with E-state index in [4.69, 9.17) is 0 Å². The van der Waals surface area contributed by atoms with Crippen molar-refractivity contribution in [3.05, 3.63) is 90.0 Å². The molecular weight excluding hydrogens is 559 g/mol. The number of hydrogen-bond acceptors (Lipinski definition) is 5. The van der Waals surface area contributed by atoms with E-state index in [1.807, 2.05) is 0 Å². The van der Waals surface area contributed by atoms with Crippen molar-refractivity contribution in [2.75, 3.05) is 24.7 Å². The van der Waals surface area contributed by atoms with E-state index in [1.54, 1.807) is 44.4 Å². The van der Waals surface area contributed by atoms with Crippen LogP contribution in [0.1, 0.15) is 18.9 Å². The van der Waals surface area contributed by atoms with E-state index in [-0.39, 0.29) is 34.5 Å². The van der Waals surface area contributed by atoms with Crippen molar-refractivity contribution in [1.82, 2.24) is 18.6 Å². The Kier molecular flexibility index (Phi) is 6.43. The molecule has 2 N–H and O–H groups in total. The fraction of sp³-hybridized carbons (Fsp3) is 0.231. The number of anilines is 3. The van der Waals surface area contributed by atoms with Crippen LogP contribution in [0, 0.1) is 5.82 Å². The van der Waals surface area contributed by atoms with Gasteiger partial charge in [0.25, 0.3) is 11.1 Å². The molecule has 1 fully saturated rings. The quantitative estimate of drug-likeness (QED) is 0.370. The van der Waals surface area contributed by atoms with Crippen LogP contribution in [0.15, 0.2) is 67.4 Å². The average Bonchev–Trinajstić information content (AvgIpc) is 3.69. The van der Waals surface area contributed by atoms with Crippen molar-refractivity contribution >= 4 is 50.1 Å². The summed E-state index contributed by atoms with van der Waals surface area (Å²) in [5, 5.41) is 5.68. The van der Waals surface area contributed by atoms with E-state index < -0.39 is 22.6 Å². The number of nitrogens with zero attached hydrogens (tertiary/aromatic N) is 4. The van der Waals surface area contributed by atoms with Crippen LogP contribution < -0.4 is 27.4 Å². The largest absolute Gasteiger partial charge is 0.352 e. The number of carbonyl (C=O) groups is 1. The van der Waals surface area contributed by atoms with Gasteiger partial charge in [0.2, 0.25) is 0 Å². The SMILES string of the molecule is CN(C)C(=O)Nc1cccc(-n2c(=O)n(C3CC3)c(=O)c3c(Nc4ccc(Br)cc4F)cc(=O)n(C)c32)c1. The van der Waals surface area contributed by atoms with Crippen molar-refractivity contribution < 1.29 is 9.18 Å². The van der Waals surface area contributed by atoms with Gasteiger partial charge in [0, 0.05) is 43.4 Å². The fourth-order valence-electron chi connectivity index (χ4n) is 4.24. The number of rotatable bonds is 5. The highest BCUT2D eigenvalue weighted by Gasteiger charge is 2.31. The Morgan fingerprint density at radius 2 is 1.79 bits per heavy atom. The molecule has 0 radical (unpaired) electrons. The van der Waals surface area contributed by atoms with Crippen LogP contribution in [0.2, 0.25) is 0 Å². The van der Waals surface area contributed by atoms with Crippen molar-refractivity contribution in [3.8, 4) is 5.69 Å². The molecule has 0 bridgehead atoms. The van der Waals surface area contributed by atoms with Crippen molar-refractivity contribution in [2.24, 2.45) is 7.05 Å². The van der Waals surface area contributed by atoms with E-state index >= 15 is 0 Å². The van der Waals surface area contributed by atoms with E-state index in [0.29, 0.717) is 28.7 Å². The van der Waals surface area contributed by atoms with Gasteiger partial charge in [0.15, 0.2) is 0 Å². The third-order valence-electron chi connectivity index (χ3n) is 6.33. The van der Waals surface area contributed by atoms with E-state index in [9.17, 15) is 23.6 Å².